The molecule has 2 rings (SSSR count). The van der Waals surface area contributed by atoms with Gasteiger partial charge in [-0.25, -0.2) is 0 Å². The van der Waals surface area contributed by atoms with E-state index in [-0.39, 0.29) is 17.9 Å². The maximum atomic E-state index is 12.0. The average molecular weight is 222 g/mol. The summed E-state index contributed by atoms with van der Waals surface area (Å²) in [6.07, 6.45) is 3.73. The molecule has 0 radical (unpaired) electrons. The van der Waals surface area contributed by atoms with E-state index in [2.05, 4.69) is 10.2 Å². The Kier molecular flexibility index (Phi) is 2.94. The second-order valence-electron chi connectivity index (χ2n) is 4.64. The number of nitrogens with zero attached hydrogens (tertiary/aromatic N) is 4. The fourth-order valence-electron chi connectivity index (χ4n) is 2.22. The molecule has 1 aromatic rings. The number of likely N-dealkylation sites (tertiary alicyclic amines) is 1. The van der Waals surface area contributed by atoms with Gasteiger partial charge in [-0.2, -0.15) is 0 Å². The molecule has 0 aliphatic carbocycles. The molecular weight excluding hydrogens is 204 g/mol. The number of carbonyl (C=O) groups excluding carboxylic acids is 1. The van der Waals surface area contributed by atoms with Crippen molar-refractivity contribution < 1.29 is 4.79 Å². The van der Waals surface area contributed by atoms with Gasteiger partial charge in [0.1, 0.15) is 6.33 Å². The summed E-state index contributed by atoms with van der Waals surface area (Å²) in [5, 5.41) is 7.99. The minimum Gasteiger partial charge on any atom is -0.332 e. The van der Waals surface area contributed by atoms with Crippen LogP contribution in [0.25, 0.3) is 0 Å². The second kappa shape index (κ2) is 4.23. The van der Waals surface area contributed by atoms with Gasteiger partial charge in [0.15, 0.2) is 5.82 Å². The van der Waals surface area contributed by atoms with Crippen LogP contribution in [0.2, 0.25) is 0 Å². The summed E-state index contributed by atoms with van der Waals surface area (Å²) in [5.41, 5.74) is 0. The van der Waals surface area contributed by atoms with E-state index in [4.69, 9.17) is 0 Å². The van der Waals surface area contributed by atoms with Gasteiger partial charge < -0.3 is 9.47 Å². The molecule has 1 fully saturated rings. The summed E-state index contributed by atoms with van der Waals surface area (Å²) >= 11 is 0. The van der Waals surface area contributed by atoms with Gasteiger partial charge >= 0.3 is 0 Å². The van der Waals surface area contributed by atoms with Crippen molar-refractivity contribution in [1.29, 1.82) is 0 Å². The molecule has 0 saturated carbocycles. The lowest BCUT2D eigenvalue weighted by Gasteiger charge is -2.25. The molecule has 0 N–H and O–H groups in total. The normalized spacial score (nSPS) is 20.8. The highest BCUT2D eigenvalue weighted by Crippen LogP contribution is 2.31. The summed E-state index contributed by atoms with van der Waals surface area (Å²) in [7, 11) is 1.92. The topological polar surface area (TPSA) is 51.0 Å². The van der Waals surface area contributed by atoms with Crippen LogP contribution in [0, 0.1) is 5.92 Å². The van der Waals surface area contributed by atoms with Crippen molar-refractivity contribution in [2.45, 2.75) is 32.7 Å². The Balaban J connectivity index is 2.22. The van der Waals surface area contributed by atoms with Crippen molar-refractivity contribution in [2.75, 3.05) is 6.54 Å². The standard InChI is InChI=1S/C11H18N4O/c1-8(2)11(16)15-6-4-5-9(15)10-13-12-7-14(10)3/h7-9H,4-6H2,1-3H3. The molecule has 0 spiro atoms. The van der Waals surface area contributed by atoms with Crippen LogP contribution < -0.4 is 0 Å². The van der Waals surface area contributed by atoms with Crippen LogP contribution in [-0.4, -0.2) is 32.1 Å². The number of aryl methyl sites for hydroxylation is 1. The Labute approximate surface area is 95.5 Å². The van der Waals surface area contributed by atoms with Gasteiger partial charge in [0.05, 0.1) is 6.04 Å². The minimum absolute atomic E-state index is 0.0498. The number of carbonyl (C=O) groups is 1. The summed E-state index contributed by atoms with van der Waals surface area (Å²) in [5.74, 6) is 1.16. The molecule has 0 aromatic carbocycles. The predicted molar refractivity (Wildman–Crippen MR) is 59.5 cm³/mol. The van der Waals surface area contributed by atoms with Crippen LogP contribution in [0.1, 0.15) is 38.6 Å². The Hall–Kier alpha value is -1.39. The van der Waals surface area contributed by atoms with E-state index in [0.29, 0.717) is 0 Å². The van der Waals surface area contributed by atoms with Gasteiger partial charge in [0, 0.05) is 19.5 Å². The van der Waals surface area contributed by atoms with Crippen molar-refractivity contribution in [1.82, 2.24) is 19.7 Å². The third-order valence-corrected chi connectivity index (χ3v) is 3.07. The van der Waals surface area contributed by atoms with Gasteiger partial charge in [-0.15, -0.1) is 10.2 Å². The molecule has 1 aliphatic rings. The van der Waals surface area contributed by atoms with Crippen molar-refractivity contribution >= 4 is 5.91 Å². The predicted octanol–water partition coefficient (Wildman–Crippen LogP) is 1.13. The van der Waals surface area contributed by atoms with Crippen LogP contribution in [0.15, 0.2) is 6.33 Å². The first-order chi connectivity index (χ1) is 7.61. The number of amides is 1. The molecule has 0 bridgehead atoms. The number of rotatable bonds is 2. The molecule has 1 amide bonds. The molecule has 5 heteroatoms. The maximum Gasteiger partial charge on any atom is 0.225 e. The number of aromatic nitrogens is 3. The van der Waals surface area contributed by atoms with E-state index in [1.54, 1.807) is 6.33 Å². The summed E-state index contributed by atoms with van der Waals surface area (Å²) in [4.78, 5) is 14.0. The summed E-state index contributed by atoms with van der Waals surface area (Å²) < 4.78 is 1.90. The maximum absolute atomic E-state index is 12.0. The highest BCUT2D eigenvalue weighted by Gasteiger charge is 2.33. The van der Waals surface area contributed by atoms with E-state index in [1.165, 1.54) is 0 Å². The molecule has 2 heterocycles. The van der Waals surface area contributed by atoms with Crippen molar-refractivity contribution in [2.24, 2.45) is 13.0 Å². The highest BCUT2D eigenvalue weighted by molar-refractivity contribution is 5.78. The van der Waals surface area contributed by atoms with Gasteiger partial charge in [-0.3, -0.25) is 4.79 Å². The van der Waals surface area contributed by atoms with Crippen LogP contribution in [-0.2, 0) is 11.8 Å². The summed E-state index contributed by atoms with van der Waals surface area (Å²) in [6.45, 7) is 4.72. The smallest absolute Gasteiger partial charge is 0.225 e. The lowest BCUT2D eigenvalue weighted by atomic mass is 10.1. The first-order valence-electron chi connectivity index (χ1n) is 5.75. The number of hydrogen-bond acceptors (Lipinski definition) is 3. The molecule has 1 atom stereocenters. The molecule has 1 unspecified atom stereocenters. The quantitative estimate of drug-likeness (QED) is 0.754. The van der Waals surface area contributed by atoms with E-state index in [0.717, 1.165) is 25.2 Å². The lowest BCUT2D eigenvalue weighted by molar-refractivity contribution is -0.135. The zero-order chi connectivity index (χ0) is 11.7. The highest BCUT2D eigenvalue weighted by atomic mass is 16.2. The molecule has 1 saturated heterocycles. The Morgan fingerprint density at radius 3 is 2.88 bits per heavy atom. The van der Waals surface area contributed by atoms with E-state index in [1.807, 2.05) is 30.4 Å². The molecule has 1 aromatic heterocycles. The van der Waals surface area contributed by atoms with Gasteiger partial charge in [0.2, 0.25) is 5.91 Å². The van der Waals surface area contributed by atoms with Gasteiger partial charge in [-0.1, -0.05) is 13.8 Å². The Morgan fingerprint density at radius 2 is 2.31 bits per heavy atom. The largest absolute Gasteiger partial charge is 0.332 e. The third kappa shape index (κ3) is 1.81. The third-order valence-electron chi connectivity index (χ3n) is 3.07. The monoisotopic (exact) mass is 222 g/mol. The zero-order valence-corrected chi connectivity index (χ0v) is 10.1. The van der Waals surface area contributed by atoms with Crippen molar-refractivity contribution in [3.05, 3.63) is 12.2 Å². The summed E-state index contributed by atoms with van der Waals surface area (Å²) in [6, 6.07) is 0.113. The molecule has 16 heavy (non-hydrogen) atoms. The van der Waals surface area contributed by atoms with Crippen LogP contribution >= 0.6 is 0 Å². The first-order valence-corrected chi connectivity index (χ1v) is 5.75. The molecule has 5 nitrogen and oxygen atoms in total. The van der Waals surface area contributed by atoms with E-state index < -0.39 is 0 Å². The van der Waals surface area contributed by atoms with Gasteiger partial charge in [-0.05, 0) is 12.8 Å². The minimum atomic E-state index is 0.0498. The van der Waals surface area contributed by atoms with Gasteiger partial charge in [0.25, 0.3) is 0 Å². The Morgan fingerprint density at radius 1 is 1.56 bits per heavy atom. The molecular formula is C11H18N4O. The van der Waals surface area contributed by atoms with Crippen molar-refractivity contribution in [3.8, 4) is 0 Å². The number of hydrogen-bond donors (Lipinski definition) is 0. The zero-order valence-electron chi connectivity index (χ0n) is 10.1. The molecule has 1 aliphatic heterocycles. The fraction of sp³-hybridized carbons (Fsp3) is 0.727. The fourth-order valence-corrected chi connectivity index (χ4v) is 2.22. The Bertz CT molecular complexity index is 385. The SMILES string of the molecule is CC(C)C(=O)N1CCCC1c1nncn1C. The van der Waals surface area contributed by atoms with Crippen LogP contribution in [0.4, 0.5) is 0 Å². The molecule has 88 valence electrons. The van der Waals surface area contributed by atoms with Crippen molar-refractivity contribution in [3.63, 3.8) is 0 Å². The van der Waals surface area contributed by atoms with Crippen LogP contribution in [0.3, 0.4) is 0 Å². The first kappa shape index (κ1) is 11.1. The van der Waals surface area contributed by atoms with Crippen LogP contribution in [0.5, 0.6) is 0 Å². The second-order valence-corrected chi connectivity index (χ2v) is 4.64. The van der Waals surface area contributed by atoms with E-state index >= 15 is 0 Å². The average Bonchev–Trinajstić information content (AvgIpc) is 2.84. The lowest BCUT2D eigenvalue weighted by Crippen LogP contribution is -2.34. The van der Waals surface area contributed by atoms with E-state index in [9.17, 15) is 4.79 Å².